The molecule has 4 heteroatoms. The lowest BCUT2D eigenvalue weighted by Crippen LogP contribution is -2.52. The van der Waals surface area contributed by atoms with Gasteiger partial charge in [-0.3, -0.25) is 9.59 Å². The maximum absolute atomic E-state index is 13.3. The molecule has 0 radical (unpaired) electrons. The highest BCUT2D eigenvalue weighted by Gasteiger charge is 2.48. The number of likely N-dealkylation sites (tertiary alicyclic amines) is 1. The Hall–Kier alpha value is -2.46. The van der Waals surface area contributed by atoms with Gasteiger partial charge < -0.3 is 10.0 Å². The van der Waals surface area contributed by atoms with Crippen molar-refractivity contribution >= 4 is 11.8 Å². The Balaban J connectivity index is 2.09. The van der Waals surface area contributed by atoms with Gasteiger partial charge in [0, 0.05) is 23.4 Å². The van der Waals surface area contributed by atoms with E-state index in [2.05, 4.69) is 4.90 Å². The first kappa shape index (κ1) is 17.4. The number of hydrogen-bond donors (Lipinski definition) is 1. The van der Waals surface area contributed by atoms with Gasteiger partial charge in [-0.2, -0.15) is 0 Å². The van der Waals surface area contributed by atoms with Crippen LogP contribution in [0.1, 0.15) is 28.8 Å². The van der Waals surface area contributed by atoms with Crippen LogP contribution in [0.4, 0.5) is 0 Å². The minimum atomic E-state index is -0.862. The predicted octanol–water partition coefficient (Wildman–Crippen LogP) is 3.23. The molecule has 2 atom stereocenters. The zero-order valence-electron chi connectivity index (χ0n) is 14.4. The molecule has 25 heavy (non-hydrogen) atoms. The first-order valence-electron chi connectivity index (χ1n) is 8.58. The van der Waals surface area contributed by atoms with Crippen LogP contribution in [0, 0.1) is 5.92 Å². The molecule has 0 unspecified atom stereocenters. The number of Topliss-reactive ketones (excluding diaryl/α,β-unsaturated/α-hetero) is 1. The smallest absolute Gasteiger partial charge is 0.304 e. The van der Waals surface area contributed by atoms with Gasteiger partial charge in [0.15, 0.2) is 5.78 Å². The second-order valence-electron chi connectivity index (χ2n) is 6.89. The highest BCUT2D eigenvalue weighted by Crippen LogP contribution is 2.44. The lowest BCUT2D eigenvalue weighted by molar-refractivity contribution is -0.139. The number of hydrogen-bond acceptors (Lipinski definition) is 3. The molecule has 0 saturated carbocycles. The van der Waals surface area contributed by atoms with Gasteiger partial charge in [-0.25, -0.2) is 0 Å². The first-order valence-corrected chi connectivity index (χ1v) is 8.58. The lowest BCUT2D eigenvalue weighted by Gasteiger charge is -2.46. The van der Waals surface area contributed by atoms with Crippen molar-refractivity contribution in [2.45, 2.75) is 18.3 Å². The lowest BCUT2D eigenvalue weighted by atomic mass is 9.62. The number of nitrogens with zero attached hydrogens (tertiary/aromatic N) is 1. The van der Waals surface area contributed by atoms with E-state index in [1.54, 1.807) is 0 Å². The second kappa shape index (κ2) is 7.19. The monoisotopic (exact) mass is 337 g/mol. The third-order valence-electron chi connectivity index (χ3n) is 5.29. The SMILES string of the molecule is CN1CC[C@](CC(=O)O)(c2ccccc2)[C@H](C(=O)c2ccccc2)C1. The molecular formula is C21H23NO3. The molecule has 4 nitrogen and oxygen atoms in total. The molecule has 0 bridgehead atoms. The number of carboxylic acids is 1. The average molecular weight is 337 g/mol. The molecular weight excluding hydrogens is 314 g/mol. The Morgan fingerprint density at radius 3 is 2.28 bits per heavy atom. The van der Waals surface area contributed by atoms with E-state index in [9.17, 15) is 14.7 Å². The Bertz CT molecular complexity index is 744. The zero-order chi connectivity index (χ0) is 17.9. The number of ketones is 1. The zero-order valence-corrected chi connectivity index (χ0v) is 14.4. The molecule has 1 N–H and O–H groups in total. The molecule has 1 aliphatic heterocycles. The third-order valence-corrected chi connectivity index (χ3v) is 5.29. The molecule has 1 heterocycles. The second-order valence-corrected chi connectivity index (χ2v) is 6.89. The molecule has 3 rings (SSSR count). The van der Waals surface area contributed by atoms with Gasteiger partial charge in [0.25, 0.3) is 0 Å². The van der Waals surface area contributed by atoms with E-state index in [1.807, 2.05) is 67.7 Å². The van der Waals surface area contributed by atoms with Gasteiger partial charge in [-0.05, 0) is 25.6 Å². The van der Waals surface area contributed by atoms with Gasteiger partial charge in [0.05, 0.1) is 6.42 Å². The maximum atomic E-state index is 13.3. The van der Waals surface area contributed by atoms with Crippen molar-refractivity contribution in [3.05, 3.63) is 71.8 Å². The third kappa shape index (κ3) is 3.49. The maximum Gasteiger partial charge on any atom is 0.304 e. The van der Waals surface area contributed by atoms with Crippen molar-refractivity contribution in [3.63, 3.8) is 0 Å². The van der Waals surface area contributed by atoms with Gasteiger partial charge in [0.2, 0.25) is 0 Å². The first-order chi connectivity index (χ1) is 12.0. The molecule has 0 amide bonds. The van der Waals surface area contributed by atoms with Crippen LogP contribution < -0.4 is 0 Å². The van der Waals surface area contributed by atoms with E-state index in [0.717, 1.165) is 12.1 Å². The summed E-state index contributed by atoms with van der Waals surface area (Å²) in [6, 6.07) is 18.9. The van der Waals surface area contributed by atoms with Crippen molar-refractivity contribution < 1.29 is 14.7 Å². The normalized spacial score (nSPS) is 24.0. The van der Waals surface area contributed by atoms with E-state index < -0.39 is 11.4 Å². The number of carbonyl (C=O) groups excluding carboxylic acids is 1. The van der Waals surface area contributed by atoms with Crippen LogP contribution in [-0.4, -0.2) is 41.9 Å². The standard InChI is InChI=1S/C21H23NO3/c1-22-13-12-21(14-19(23)24,17-10-6-3-7-11-17)18(15-22)20(25)16-8-4-2-5-9-16/h2-11,18H,12-15H2,1H3,(H,23,24)/t18-,21-/m0/s1. The van der Waals surface area contributed by atoms with Crippen LogP contribution in [-0.2, 0) is 10.2 Å². The Morgan fingerprint density at radius 1 is 1.08 bits per heavy atom. The summed E-state index contributed by atoms with van der Waals surface area (Å²) < 4.78 is 0. The summed E-state index contributed by atoms with van der Waals surface area (Å²) in [6.07, 6.45) is 0.622. The number of benzene rings is 2. The van der Waals surface area contributed by atoms with Crippen molar-refractivity contribution in [2.24, 2.45) is 5.92 Å². The Labute approximate surface area is 148 Å². The molecule has 1 saturated heterocycles. The minimum absolute atomic E-state index is 0.0252. The summed E-state index contributed by atoms with van der Waals surface area (Å²) in [5.74, 6) is -1.22. The number of carboxylic acid groups (broad SMARTS) is 1. The summed E-state index contributed by atoms with van der Waals surface area (Å²) in [4.78, 5) is 27.1. The molecule has 130 valence electrons. The summed E-state index contributed by atoms with van der Waals surface area (Å²) >= 11 is 0. The molecule has 0 spiro atoms. The fraction of sp³-hybridized carbons (Fsp3) is 0.333. The Morgan fingerprint density at radius 2 is 1.68 bits per heavy atom. The van der Waals surface area contributed by atoms with E-state index in [-0.39, 0.29) is 18.1 Å². The number of aliphatic carboxylic acids is 1. The quantitative estimate of drug-likeness (QED) is 0.851. The van der Waals surface area contributed by atoms with Crippen molar-refractivity contribution in [3.8, 4) is 0 Å². The predicted molar refractivity (Wildman–Crippen MR) is 96.7 cm³/mol. The van der Waals surface area contributed by atoms with Crippen molar-refractivity contribution in [1.82, 2.24) is 4.90 Å². The fourth-order valence-electron chi connectivity index (χ4n) is 3.98. The van der Waals surface area contributed by atoms with E-state index in [1.165, 1.54) is 0 Å². The van der Waals surface area contributed by atoms with Crippen LogP contribution in [0.5, 0.6) is 0 Å². The Kier molecular flexibility index (Phi) is 5.00. The fourth-order valence-corrected chi connectivity index (χ4v) is 3.98. The van der Waals surface area contributed by atoms with Gasteiger partial charge >= 0.3 is 5.97 Å². The summed E-state index contributed by atoms with van der Waals surface area (Å²) in [5.41, 5.74) is 0.917. The molecule has 2 aromatic carbocycles. The highest BCUT2D eigenvalue weighted by atomic mass is 16.4. The topological polar surface area (TPSA) is 57.6 Å². The average Bonchev–Trinajstić information content (AvgIpc) is 2.64. The van der Waals surface area contributed by atoms with Gasteiger partial charge in [-0.1, -0.05) is 60.7 Å². The molecule has 1 fully saturated rings. The van der Waals surface area contributed by atoms with Crippen LogP contribution in [0.3, 0.4) is 0 Å². The van der Waals surface area contributed by atoms with Crippen molar-refractivity contribution in [2.75, 3.05) is 20.1 Å². The summed E-state index contributed by atoms with van der Waals surface area (Å²) in [5, 5.41) is 9.60. The number of rotatable bonds is 5. The van der Waals surface area contributed by atoms with E-state index >= 15 is 0 Å². The van der Waals surface area contributed by atoms with Crippen LogP contribution >= 0.6 is 0 Å². The largest absolute Gasteiger partial charge is 0.481 e. The molecule has 0 aliphatic carbocycles. The van der Waals surface area contributed by atoms with Crippen molar-refractivity contribution in [1.29, 1.82) is 0 Å². The van der Waals surface area contributed by atoms with Crippen LogP contribution in [0.15, 0.2) is 60.7 Å². The molecule has 0 aromatic heterocycles. The van der Waals surface area contributed by atoms with Crippen LogP contribution in [0.25, 0.3) is 0 Å². The number of piperidine rings is 1. The summed E-state index contributed by atoms with van der Waals surface area (Å²) in [7, 11) is 1.99. The van der Waals surface area contributed by atoms with E-state index in [4.69, 9.17) is 0 Å². The minimum Gasteiger partial charge on any atom is -0.481 e. The number of carbonyl (C=O) groups is 2. The summed E-state index contributed by atoms with van der Waals surface area (Å²) in [6.45, 7) is 1.34. The van der Waals surface area contributed by atoms with Crippen LogP contribution in [0.2, 0.25) is 0 Å². The van der Waals surface area contributed by atoms with Gasteiger partial charge in [0.1, 0.15) is 0 Å². The molecule has 2 aromatic rings. The highest BCUT2D eigenvalue weighted by molar-refractivity contribution is 5.99. The van der Waals surface area contributed by atoms with Gasteiger partial charge in [-0.15, -0.1) is 0 Å². The molecule has 1 aliphatic rings. The van der Waals surface area contributed by atoms with E-state index in [0.29, 0.717) is 18.5 Å².